The summed E-state index contributed by atoms with van der Waals surface area (Å²) in [6, 6.07) is 13.1. The second-order valence-electron chi connectivity index (χ2n) is 5.22. The van der Waals surface area contributed by atoms with Crippen LogP contribution in [-0.2, 0) is 4.79 Å². The van der Waals surface area contributed by atoms with Crippen LogP contribution in [0, 0.1) is 0 Å². The summed E-state index contributed by atoms with van der Waals surface area (Å²) in [5.41, 5.74) is 5.02. The molecule has 0 radical (unpaired) electrons. The molecule has 2 N–H and O–H groups in total. The molecule has 0 fully saturated rings. The van der Waals surface area contributed by atoms with Gasteiger partial charge in [-0.05, 0) is 24.3 Å². The maximum Gasteiger partial charge on any atom is 0.250 e. The third kappa shape index (κ3) is 4.15. The molecule has 8 heteroatoms. The monoisotopic (exact) mass is 370 g/mol. The molecule has 0 atom stereocenters. The predicted molar refractivity (Wildman–Crippen MR) is 102 cm³/mol. The van der Waals surface area contributed by atoms with Gasteiger partial charge in [0, 0.05) is 5.56 Å². The fourth-order valence-corrected chi connectivity index (χ4v) is 3.03. The minimum atomic E-state index is -0.228. The zero-order chi connectivity index (χ0) is 18.4. The minimum absolute atomic E-state index is 0.201. The third-order valence-corrected chi connectivity index (χ3v) is 4.41. The number of nitrogens with zero attached hydrogens (tertiary/aromatic N) is 2. The summed E-state index contributed by atoms with van der Waals surface area (Å²) in [4.78, 5) is 19.5. The molecule has 3 rings (SSSR count). The molecule has 26 heavy (non-hydrogen) atoms. The van der Waals surface area contributed by atoms with Gasteiger partial charge in [-0.2, -0.15) is 5.10 Å². The number of hydrogen-bond donors (Lipinski definition) is 2. The van der Waals surface area contributed by atoms with Crippen molar-refractivity contribution in [1.82, 2.24) is 15.4 Å². The number of ether oxygens (including phenoxy) is 2. The number of para-hydroxylation sites is 3. The lowest BCUT2D eigenvalue weighted by Crippen LogP contribution is -2.19. The molecule has 1 amide bonds. The number of fused-ring (bicyclic) bond motifs is 1. The van der Waals surface area contributed by atoms with E-state index in [-0.39, 0.29) is 11.7 Å². The molecule has 3 aromatic rings. The van der Waals surface area contributed by atoms with E-state index in [1.807, 2.05) is 36.4 Å². The Labute approximate surface area is 154 Å². The molecule has 0 saturated heterocycles. The summed E-state index contributed by atoms with van der Waals surface area (Å²) in [6.45, 7) is 0. The molecular formula is C18H18N4O3S. The molecule has 0 aliphatic heterocycles. The molecule has 0 bridgehead atoms. The van der Waals surface area contributed by atoms with Crippen LogP contribution >= 0.6 is 11.8 Å². The number of methoxy groups -OCH3 is 2. The Balaban J connectivity index is 1.56. The van der Waals surface area contributed by atoms with E-state index in [9.17, 15) is 4.79 Å². The van der Waals surface area contributed by atoms with Crippen LogP contribution in [0.3, 0.4) is 0 Å². The molecule has 1 aromatic heterocycles. The number of hydrazone groups is 1. The Morgan fingerprint density at radius 1 is 1.23 bits per heavy atom. The number of benzene rings is 2. The van der Waals surface area contributed by atoms with Crippen molar-refractivity contribution in [2.75, 3.05) is 20.0 Å². The number of hydrogen-bond acceptors (Lipinski definition) is 6. The Morgan fingerprint density at radius 3 is 2.85 bits per heavy atom. The molecule has 0 aliphatic rings. The highest BCUT2D eigenvalue weighted by molar-refractivity contribution is 7.99. The lowest BCUT2D eigenvalue weighted by atomic mass is 10.2. The van der Waals surface area contributed by atoms with Gasteiger partial charge >= 0.3 is 0 Å². The van der Waals surface area contributed by atoms with E-state index >= 15 is 0 Å². The van der Waals surface area contributed by atoms with Crippen LogP contribution in [0.15, 0.2) is 52.7 Å². The van der Waals surface area contributed by atoms with E-state index in [1.54, 1.807) is 20.3 Å². The van der Waals surface area contributed by atoms with Crippen molar-refractivity contribution in [1.29, 1.82) is 0 Å². The van der Waals surface area contributed by atoms with Gasteiger partial charge in [0.15, 0.2) is 16.7 Å². The highest BCUT2D eigenvalue weighted by atomic mass is 32.2. The van der Waals surface area contributed by atoms with Crippen LogP contribution < -0.4 is 14.9 Å². The van der Waals surface area contributed by atoms with Gasteiger partial charge in [0.2, 0.25) is 0 Å². The first-order chi connectivity index (χ1) is 12.7. The maximum absolute atomic E-state index is 12.0. The normalized spacial score (nSPS) is 11.0. The van der Waals surface area contributed by atoms with Crippen molar-refractivity contribution in [3.05, 3.63) is 48.0 Å². The van der Waals surface area contributed by atoms with Crippen molar-refractivity contribution in [2.24, 2.45) is 5.10 Å². The summed E-state index contributed by atoms with van der Waals surface area (Å²) in [7, 11) is 3.12. The summed E-state index contributed by atoms with van der Waals surface area (Å²) in [5.74, 6) is 1.13. The SMILES string of the molecule is COc1cccc(/C=N/NC(=O)CSc2nc3ccccc3[nH]2)c1OC. The van der Waals surface area contributed by atoms with Gasteiger partial charge in [-0.1, -0.05) is 30.0 Å². The Bertz CT molecular complexity index is 906. The van der Waals surface area contributed by atoms with Crippen LogP contribution in [-0.4, -0.2) is 42.1 Å². The zero-order valence-corrected chi connectivity index (χ0v) is 15.2. The molecule has 2 aromatic carbocycles. The predicted octanol–water partition coefficient (Wildman–Crippen LogP) is 2.82. The Morgan fingerprint density at radius 2 is 2.08 bits per heavy atom. The number of aromatic amines is 1. The fourth-order valence-electron chi connectivity index (χ4n) is 2.35. The van der Waals surface area contributed by atoms with Gasteiger partial charge in [0.25, 0.3) is 5.91 Å². The lowest BCUT2D eigenvalue weighted by Gasteiger charge is -2.09. The van der Waals surface area contributed by atoms with Gasteiger partial charge in [-0.15, -0.1) is 0 Å². The van der Waals surface area contributed by atoms with Crippen LogP contribution in [0.2, 0.25) is 0 Å². The first-order valence-electron chi connectivity index (χ1n) is 7.81. The van der Waals surface area contributed by atoms with Gasteiger partial charge in [-0.3, -0.25) is 4.79 Å². The van der Waals surface area contributed by atoms with Crippen molar-refractivity contribution >= 4 is 34.9 Å². The van der Waals surface area contributed by atoms with E-state index < -0.39 is 0 Å². The Kier molecular flexibility index (Phi) is 5.75. The van der Waals surface area contributed by atoms with Crippen molar-refractivity contribution in [2.45, 2.75) is 5.16 Å². The second-order valence-corrected chi connectivity index (χ2v) is 6.19. The highest BCUT2D eigenvalue weighted by Gasteiger charge is 2.08. The highest BCUT2D eigenvalue weighted by Crippen LogP contribution is 2.29. The quantitative estimate of drug-likeness (QED) is 0.379. The average molecular weight is 370 g/mol. The lowest BCUT2D eigenvalue weighted by molar-refractivity contribution is -0.118. The number of rotatable bonds is 7. The third-order valence-electron chi connectivity index (χ3n) is 3.53. The van der Waals surface area contributed by atoms with Crippen LogP contribution in [0.1, 0.15) is 5.56 Å². The molecule has 0 spiro atoms. The van der Waals surface area contributed by atoms with E-state index in [2.05, 4.69) is 20.5 Å². The number of thioether (sulfide) groups is 1. The van der Waals surface area contributed by atoms with Crippen molar-refractivity contribution in [3.63, 3.8) is 0 Å². The first-order valence-corrected chi connectivity index (χ1v) is 8.80. The number of imidazole rings is 1. The average Bonchev–Trinajstić information content (AvgIpc) is 3.09. The zero-order valence-electron chi connectivity index (χ0n) is 14.4. The summed E-state index contributed by atoms with van der Waals surface area (Å²) in [6.07, 6.45) is 1.52. The molecule has 134 valence electrons. The Hall–Kier alpha value is -3.00. The molecular weight excluding hydrogens is 352 g/mol. The van der Waals surface area contributed by atoms with Gasteiger partial charge in [0.1, 0.15) is 0 Å². The first kappa shape index (κ1) is 17.8. The number of aromatic nitrogens is 2. The molecule has 7 nitrogen and oxygen atoms in total. The summed E-state index contributed by atoms with van der Waals surface area (Å²) < 4.78 is 10.5. The number of amides is 1. The number of nitrogens with one attached hydrogen (secondary N) is 2. The molecule has 0 unspecified atom stereocenters. The van der Waals surface area contributed by atoms with Crippen molar-refractivity contribution < 1.29 is 14.3 Å². The number of carbonyl (C=O) groups is 1. The number of H-pyrrole nitrogens is 1. The van der Waals surface area contributed by atoms with E-state index in [0.717, 1.165) is 11.0 Å². The molecule has 0 saturated carbocycles. The smallest absolute Gasteiger partial charge is 0.250 e. The van der Waals surface area contributed by atoms with Gasteiger partial charge < -0.3 is 14.5 Å². The largest absolute Gasteiger partial charge is 0.493 e. The van der Waals surface area contributed by atoms with E-state index in [4.69, 9.17) is 9.47 Å². The van der Waals surface area contributed by atoms with E-state index in [0.29, 0.717) is 22.2 Å². The van der Waals surface area contributed by atoms with Crippen LogP contribution in [0.4, 0.5) is 0 Å². The standard InChI is InChI=1S/C18H18N4O3S/c1-24-15-9-5-6-12(17(15)25-2)10-19-22-16(23)11-26-18-20-13-7-3-4-8-14(13)21-18/h3-10H,11H2,1-2H3,(H,20,21)(H,22,23)/b19-10+. The fraction of sp³-hybridized carbons (Fsp3) is 0.167. The molecule has 1 heterocycles. The minimum Gasteiger partial charge on any atom is -0.493 e. The van der Waals surface area contributed by atoms with Crippen molar-refractivity contribution in [3.8, 4) is 11.5 Å². The van der Waals surface area contributed by atoms with Crippen LogP contribution in [0.25, 0.3) is 11.0 Å². The maximum atomic E-state index is 12.0. The molecule has 0 aliphatic carbocycles. The number of carbonyl (C=O) groups excluding carboxylic acids is 1. The van der Waals surface area contributed by atoms with E-state index in [1.165, 1.54) is 18.0 Å². The van der Waals surface area contributed by atoms with Gasteiger partial charge in [-0.25, -0.2) is 10.4 Å². The van der Waals surface area contributed by atoms with Gasteiger partial charge in [0.05, 0.1) is 37.2 Å². The van der Waals surface area contributed by atoms with Crippen LogP contribution in [0.5, 0.6) is 11.5 Å². The summed E-state index contributed by atoms with van der Waals surface area (Å²) in [5, 5.41) is 4.67. The summed E-state index contributed by atoms with van der Waals surface area (Å²) >= 11 is 1.32. The topological polar surface area (TPSA) is 88.6 Å². The second kappa shape index (κ2) is 8.39.